The lowest BCUT2D eigenvalue weighted by Crippen LogP contribution is -2.55. The standard InChI is InChI=1S/C11H16N2O6S/c12-20(17,18)7-3-1-6(2-4-7)13-11-10(16)9(15)8(14)5-19-11/h1-4,8-11,13-16H,5H2,(H2,12,17,18)/t8-,9+,10-,11-/m1/s1. The molecule has 1 aromatic carbocycles. The molecule has 0 bridgehead atoms. The zero-order valence-electron chi connectivity index (χ0n) is 10.4. The minimum Gasteiger partial charge on any atom is -0.388 e. The molecule has 1 fully saturated rings. The first-order valence-electron chi connectivity index (χ1n) is 5.84. The molecule has 0 radical (unpaired) electrons. The molecule has 0 spiro atoms. The Morgan fingerprint density at radius 2 is 1.75 bits per heavy atom. The van der Waals surface area contributed by atoms with Crippen molar-refractivity contribution in [1.29, 1.82) is 0 Å². The van der Waals surface area contributed by atoms with E-state index in [1.807, 2.05) is 0 Å². The molecule has 20 heavy (non-hydrogen) atoms. The molecule has 0 aliphatic carbocycles. The van der Waals surface area contributed by atoms with Crippen molar-refractivity contribution in [2.24, 2.45) is 5.14 Å². The van der Waals surface area contributed by atoms with E-state index < -0.39 is 34.6 Å². The smallest absolute Gasteiger partial charge is 0.238 e. The zero-order valence-corrected chi connectivity index (χ0v) is 11.2. The molecule has 112 valence electrons. The average molecular weight is 304 g/mol. The van der Waals surface area contributed by atoms with E-state index in [-0.39, 0.29) is 11.5 Å². The molecule has 4 atom stereocenters. The van der Waals surface area contributed by atoms with Crippen LogP contribution in [-0.2, 0) is 14.8 Å². The summed E-state index contributed by atoms with van der Waals surface area (Å²) in [5.74, 6) is 0. The Bertz CT molecular complexity index is 561. The summed E-state index contributed by atoms with van der Waals surface area (Å²) in [4.78, 5) is -0.0383. The molecule has 2 rings (SSSR count). The van der Waals surface area contributed by atoms with Crippen LogP contribution in [0.2, 0.25) is 0 Å². The van der Waals surface area contributed by atoms with E-state index in [9.17, 15) is 23.7 Å². The van der Waals surface area contributed by atoms with Gasteiger partial charge in [0.15, 0.2) is 6.23 Å². The Hall–Kier alpha value is -1.23. The van der Waals surface area contributed by atoms with E-state index in [1.165, 1.54) is 24.3 Å². The number of aliphatic hydroxyl groups excluding tert-OH is 3. The largest absolute Gasteiger partial charge is 0.388 e. The molecule has 0 amide bonds. The van der Waals surface area contributed by atoms with Gasteiger partial charge < -0.3 is 25.4 Å². The van der Waals surface area contributed by atoms with Gasteiger partial charge in [0.2, 0.25) is 10.0 Å². The van der Waals surface area contributed by atoms with Crippen LogP contribution in [0.25, 0.3) is 0 Å². The lowest BCUT2D eigenvalue weighted by Gasteiger charge is -2.35. The van der Waals surface area contributed by atoms with E-state index in [1.54, 1.807) is 0 Å². The second kappa shape index (κ2) is 5.64. The van der Waals surface area contributed by atoms with Crippen molar-refractivity contribution in [3.63, 3.8) is 0 Å². The van der Waals surface area contributed by atoms with E-state index in [0.717, 1.165) is 0 Å². The SMILES string of the molecule is NS(=O)(=O)c1ccc(N[C@@H]2OC[C@@H](O)[C@H](O)[C@H]2O)cc1. The van der Waals surface area contributed by atoms with Crippen LogP contribution in [0, 0.1) is 0 Å². The van der Waals surface area contributed by atoms with Gasteiger partial charge in [0.05, 0.1) is 11.5 Å². The highest BCUT2D eigenvalue weighted by Gasteiger charge is 2.37. The highest BCUT2D eigenvalue weighted by molar-refractivity contribution is 7.89. The van der Waals surface area contributed by atoms with Crippen LogP contribution in [0.15, 0.2) is 29.2 Å². The Labute approximate surface area is 115 Å². The van der Waals surface area contributed by atoms with Crippen LogP contribution in [-0.4, -0.2) is 54.9 Å². The van der Waals surface area contributed by atoms with Crippen molar-refractivity contribution in [3.05, 3.63) is 24.3 Å². The van der Waals surface area contributed by atoms with Crippen molar-refractivity contribution in [2.45, 2.75) is 29.4 Å². The average Bonchev–Trinajstić information content (AvgIpc) is 2.39. The molecule has 1 heterocycles. The highest BCUT2D eigenvalue weighted by Crippen LogP contribution is 2.19. The predicted molar refractivity (Wildman–Crippen MR) is 69.2 cm³/mol. The third-order valence-electron chi connectivity index (χ3n) is 2.99. The van der Waals surface area contributed by atoms with Gasteiger partial charge in [-0.15, -0.1) is 0 Å². The van der Waals surface area contributed by atoms with Crippen LogP contribution in [0.1, 0.15) is 0 Å². The number of benzene rings is 1. The molecule has 8 nitrogen and oxygen atoms in total. The third kappa shape index (κ3) is 3.26. The number of nitrogens with one attached hydrogen (secondary N) is 1. The Morgan fingerprint density at radius 3 is 2.30 bits per heavy atom. The number of primary sulfonamides is 1. The van der Waals surface area contributed by atoms with Crippen molar-refractivity contribution >= 4 is 15.7 Å². The minimum atomic E-state index is -3.76. The van der Waals surface area contributed by atoms with E-state index >= 15 is 0 Å². The lowest BCUT2D eigenvalue weighted by molar-refractivity contribution is -0.178. The van der Waals surface area contributed by atoms with E-state index in [2.05, 4.69) is 5.32 Å². The normalized spacial score (nSPS) is 31.0. The van der Waals surface area contributed by atoms with Crippen LogP contribution >= 0.6 is 0 Å². The summed E-state index contributed by atoms with van der Waals surface area (Å²) in [7, 11) is -3.76. The van der Waals surface area contributed by atoms with E-state index in [4.69, 9.17) is 9.88 Å². The molecule has 0 saturated carbocycles. The zero-order chi connectivity index (χ0) is 14.9. The van der Waals surface area contributed by atoms with Gasteiger partial charge in [0.25, 0.3) is 0 Å². The van der Waals surface area contributed by atoms with Crippen LogP contribution in [0.3, 0.4) is 0 Å². The number of aliphatic hydroxyl groups is 3. The summed E-state index contributed by atoms with van der Waals surface area (Å²) < 4.78 is 27.4. The number of sulfonamides is 1. The quantitative estimate of drug-likeness (QED) is 0.443. The second-order valence-electron chi connectivity index (χ2n) is 4.52. The van der Waals surface area contributed by atoms with Crippen LogP contribution < -0.4 is 10.5 Å². The molecule has 1 aliphatic heterocycles. The summed E-state index contributed by atoms with van der Waals surface area (Å²) in [6, 6.07) is 5.51. The fraction of sp³-hybridized carbons (Fsp3) is 0.455. The summed E-state index contributed by atoms with van der Waals surface area (Å²) in [6.07, 6.45) is -4.68. The number of ether oxygens (including phenoxy) is 1. The molecule has 1 aromatic rings. The number of anilines is 1. The maximum absolute atomic E-state index is 11.1. The van der Waals surface area contributed by atoms with Gasteiger partial charge in [-0.05, 0) is 24.3 Å². The number of hydrogen-bond donors (Lipinski definition) is 5. The van der Waals surface area contributed by atoms with Gasteiger partial charge in [-0.25, -0.2) is 13.6 Å². The molecular formula is C11H16N2O6S. The van der Waals surface area contributed by atoms with Crippen molar-refractivity contribution < 1.29 is 28.5 Å². The topological polar surface area (TPSA) is 142 Å². The molecule has 1 aliphatic rings. The fourth-order valence-corrected chi connectivity index (χ4v) is 2.35. The fourth-order valence-electron chi connectivity index (χ4n) is 1.84. The van der Waals surface area contributed by atoms with Gasteiger partial charge in [-0.3, -0.25) is 0 Å². The Morgan fingerprint density at radius 1 is 1.15 bits per heavy atom. The molecular weight excluding hydrogens is 288 g/mol. The van der Waals surface area contributed by atoms with Gasteiger partial charge in [0, 0.05) is 5.69 Å². The van der Waals surface area contributed by atoms with Crippen molar-refractivity contribution in [1.82, 2.24) is 0 Å². The lowest BCUT2D eigenvalue weighted by atomic mass is 10.0. The summed E-state index contributed by atoms with van der Waals surface area (Å²) >= 11 is 0. The maximum Gasteiger partial charge on any atom is 0.238 e. The highest BCUT2D eigenvalue weighted by atomic mass is 32.2. The molecule has 9 heteroatoms. The minimum absolute atomic E-state index is 0.0383. The summed E-state index contributed by atoms with van der Waals surface area (Å²) in [6.45, 7) is -0.120. The van der Waals surface area contributed by atoms with Crippen LogP contribution in [0.5, 0.6) is 0 Å². The van der Waals surface area contributed by atoms with E-state index in [0.29, 0.717) is 5.69 Å². The molecule has 1 saturated heterocycles. The number of nitrogens with two attached hydrogens (primary N) is 1. The first kappa shape index (κ1) is 15.2. The maximum atomic E-state index is 11.1. The summed E-state index contributed by atoms with van der Waals surface area (Å²) in [5, 5.41) is 36.3. The van der Waals surface area contributed by atoms with Crippen molar-refractivity contribution in [2.75, 3.05) is 11.9 Å². The second-order valence-corrected chi connectivity index (χ2v) is 6.08. The summed E-state index contributed by atoms with van der Waals surface area (Å²) in [5.41, 5.74) is 0.477. The van der Waals surface area contributed by atoms with Gasteiger partial charge in [-0.2, -0.15) is 0 Å². The first-order chi connectivity index (χ1) is 9.29. The molecule has 0 aromatic heterocycles. The van der Waals surface area contributed by atoms with Gasteiger partial charge >= 0.3 is 0 Å². The molecule has 0 unspecified atom stereocenters. The Balaban J connectivity index is 2.07. The van der Waals surface area contributed by atoms with Crippen molar-refractivity contribution in [3.8, 4) is 0 Å². The van der Waals surface area contributed by atoms with Crippen LogP contribution in [0.4, 0.5) is 5.69 Å². The van der Waals surface area contributed by atoms with Gasteiger partial charge in [0.1, 0.15) is 18.3 Å². The molecule has 6 N–H and O–H groups in total. The predicted octanol–water partition coefficient (Wildman–Crippen LogP) is -1.82. The monoisotopic (exact) mass is 304 g/mol. The Kier molecular flexibility index (Phi) is 4.28. The number of rotatable bonds is 3. The van der Waals surface area contributed by atoms with Gasteiger partial charge in [-0.1, -0.05) is 0 Å². The number of hydrogen-bond acceptors (Lipinski definition) is 7. The third-order valence-corrected chi connectivity index (χ3v) is 3.92. The first-order valence-corrected chi connectivity index (χ1v) is 7.39.